The molecule has 4 atom stereocenters. The Bertz CT molecular complexity index is 975. The zero-order valence-electron chi connectivity index (χ0n) is 17.2. The summed E-state index contributed by atoms with van der Waals surface area (Å²) >= 11 is 0. The molecule has 3 aromatic rings. The summed E-state index contributed by atoms with van der Waals surface area (Å²) in [5.74, 6) is 0. The first-order valence-electron chi connectivity index (χ1n) is 10.2. The Morgan fingerprint density at radius 1 is 1.03 bits per heavy atom. The topological polar surface area (TPSA) is 77.3 Å². The minimum Gasteiger partial charge on any atom is -0.378 e. The lowest BCUT2D eigenvalue weighted by molar-refractivity contribution is 0.0620. The minimum atomic E-state index is -0.0306. The van der Waals surface area contributed by atoms with Crippen molar-refractivity contribution >= 4 is 5.69 Å². The Morgan fingerprint density at radius 2 is 1.87 bits per heavy atom. The molecule has 2 fully saturated rings. The summed E-state index contributed by atoms with van der Waals surface area (Å²) in [5, 5.41) is 12.2. The molecule has 0 spiro atoms. The Morgan fingerprint density at radius 3 is 2.63 bits per heavy atom. The van der Waals surface area contributed by atoms with E-state index in [1.165, 1.54) is 11.3 Å². The second kappa shape index (κ2) is 8.14. The summed E-state index contributed by atoms with van der Waals surface area (Å²) in [6, 6.07) is 14.5. The third kappa shape index (κ3) is 3.69. The zero-order chi connectivity index (χ0) is 20.5. The first-order chi connectivity index (χ1) is 14.7. The number of aromatic nitrogens is 4. The van der Waals surface area contributed by atoms with E-state index in [9.17, 15) is 0 Å². The Balaban J connectivity index is 1.21. The fraction of sp³-hybridized carbons (Fsp3) is 0.409. The van der Waals surface area contributed by atoms with Gasteiger partial charge in [-0.1, -0.05) is 23.4 Å². The SMILES string of the molecule is CN(C)c1ccc(CNC2COC3C2OCC3n2cc(-c3ccccn3)nn2)cc1. The van der Waals surface area contributed by atoms with Crippen LogP contribution in [0.4, 0.5) is 5.69 Å². The van der Waals surface area contributed by atoms with Gasteiger partial charge in [0.2, 0.25) is 0 Å². The first kappa shape index (κ1) is 19.2. The van der Waals surface area contributed by atoms with Gasteiger partial charge in [-0.05, 0) is 29.8 Å². The van der Waals surface area contributed by atoms with Crippen molar-refractivity contribution < 1.29 is 9.47 Å². The number of ether oxygens (including phenoxy) is 2. The molecule has 8 nitrogen and oxygen atoms in total. The van der Waals surface area contributed by atoms with E-state index in [1.807, 2.05) is 43.2 Å². The average Bonchev–Trinajstić information content (AvgIpc) is 3.50. The van der Waals surface area contributed by atoms with E-state index < -0.39 is 0 Å². The van der Waals surface area contributed by atoms with Crippen LogP contribution in [0.1, 0.15) is 11.6 Å². The van der Waals surface area contributed by atoms with Crippen LogP contribution < -0.4 is 10.2 Å². The quantitative estimate of drug-likeness (QED) is 0.670. The second-order valence-corrected chi connectivity index (χ2v) is 8.01. The molecule has 1 N–H and O–H groups in total. The maximum atomic E-state index is 6.11. The van der Waals surface area contributed by atoms with Crippen LogP contribution in [-0.2, 0) is 16.0 Å². The minimum absolute atomic E-state index is 0.0125. The molecule has 0 saturated carbocycles. The third-order valence-corrected chi connectivity index (χ3v) is 5.83. The van der Waals surface area contributed by atoms with Gasteiger partial charge in [0.1, 0.15) is 23.9 Å². The fourth-order valence-corrected chi connectivity index (χ4v) is 4.11. The maximum absolute atomic E-state index is 6.11. The molecule has 156 valence electrons. The molecule has 1 aromatic carbocycles. The number of anilines is 1. The van der Waals surface area contributed by atoms with E-state index in [2.05, 4.69) is 49.8 Å². The van der Waals surface area contributed by atoms with Crippen molar-refractivity contribution in [2.45, 2.75) is 30.8 Å². The Labute approximate surface area is 175 Å². The number of nitrogens with zero attached hydrogens (tertiary/aromatic N) is 5. The third-order valence-electron chi connectivity index (χ3n) is 5.83. The summed E-state index contributed by atoms with van der Waals surface area (Å²) in [6.07, 6.45) is 3.67. The van der Waals surface area contributed by atoms with Gasteiger partial charge in [0, 0.05) is 32.5 Å². The number of nitrogens with one attached hydrogen (secondary N) is 1. The van der Waals surface area contributed by atoms with Crippen LogP contribution in [0, 0.1) is 0 Å². The summed E-state index contributed by atoms with van der Waals surface area (Å²) < 4.78 is 14.1. The smallest absolute Gasteiger partial charge is 0.131 e. The fourth-order valence-electron chi connectivity index (χ4n) is 4.11. The Kier molecular flexibility index (Phi) is 5.20. The van der Waals surface area contributed by atoms with Crippen LogP contribution in [0.3, 0.4) is 0 Å². The molecule has 2 aliphatic heterocycles. The number of benzene rings is 1. The van der Waals surface area contributed by atoms with Crippen molar-refractivity contribution in [3.8, 4) is 11.4 Å². The first-order valence-corrected chi connectivity index (χ1v) is 10.2. The van der Waals surface area contributed by atoms with Crippen LogP contribution in [0.15, 0.2) is 54.9 Å². The van der Waals surface area contributed by atoms with E-state index in [-0.39, 0.29) is 24.3 Å². The second-order valence-electron chi connectivity index (χ2n) is 8.01. The maximum Gasteiger partial charge on any atom is 0.131 e. The molecular weight excluding hydrogens is 380 g/mol. The van der Waals surface area contributed by atoms with Gasteiger partial charge in [0.25, 0.3) is 0 Å². The van der Waals surface area contributed by atoms with Crippen LogP contribution in [-0.4, -0.2) is 65.5 Å². The highest BCUT2D eigenvalue weighted by Gasteiger charge is 2.48. The molecule has 5 rings (SSSR count). The van der Waals surface area contributed by atoms with Gasteiger partial charge < -0.3 is 19.7 Å². The van der Waals surface area contributed by atoms with E-state index >= 15 is 0 Å². The summed E-state index contributed by atoms with van der Waals surface area (Å²) in [6.45, 7) is 1.98. The highest BCUT2D eigenvalue weighted by atomic mass is 16.6. The molecule has 4 unspecified atom stereocenters. The van der Waals surface area contributed by atoms with Crippen molar-refractivity contribution in [2.75, 3.05) is 32.2 Å². The summed E-state index contributed by atoms with van der Waals surface area (Å²) in [7, 11) is 4.09. The van der Waals surface area contributed by atoms with Crippen LogP contribution in [0.25, 0.3) is 11.4 Å². The highest BCUT2D eigenvalue weighted by molar-refractivity contribution is 5.51. The van der Waals surface area contributed by atoms with Gasteiger partial charge in [-0.3, -0.25) is 4.98 Å². The van der Waals surface area contributed by atoms with E-state index in [1.54, 1.807) is 6.20 Å². The number of pyridine rings is 1. The zero-order valence-corrected chi connectivity index (χ0v) is 17.2. The van der Waals surface area contributed by atoms with Crippen LogP contribution in [0.2, 0.25) is 0 Å². The molecule has 0 aliphatic carbocycles. The van der Waals surface area contributed by atoms with E-state index in [0.717, 1.165) is 17.9 Å². The molecule has 0 amide bonds. The highest BCUT2D eigenvalue weighted by Crippen LogP contribution is 2.34. The van der Waals surface area contributed by atoms with E-state index in [4.69, 9.17) is 9.47 Å². The lowest BCUT2D eigenvalue weighted by Gasteiger charge is -2.18. The van der Waals surface area contributed by atoms with Crippen molar-refractivity contribution in [1.29, 1.82) is 0 Å². The van der Waals surface area contributed by atoms with Crippen molar-refractivity contribution in [2.24, 2.45) is 0 Å². The van der Waals surface area contributed by atoms with Crippen molar-refractivity contribution in [3.63, 3.8) is 0 Å². The van der Waals surface area contributed by atoms with Gasteiger partial charge >= 0.3 is 0 Å². The van der Waals surface area contributed by atoms with Gasteiger partial charge in [-0.25, -0.2) is 4.68 Å². The van der Waals surface area contributed by atoms with Crippen LogP contribution >= 0.6 is 0 Å². The van der Waals surface area contributed by atoms with Gasteiger partial charge in [-0.2, -0.15) is 0 Å². The average molecular weight is 406 g/mol. The number of fused-ring (bicyclic) bond motifs is 1. The molecule has 30 heavy (non-hydrogen) atoms. The largest absolute Gasteiger partial charge is 0.378 e. The number of hydrogen-bond acceptors (Lipinski definition) is 7. The lowest BCUT2D eigenvalue weighted by atomic mass is 10.1. The molecule has 8 heteroatoms. The van der Waals surface area contributed by atoms with Crippen molar-refractivity contribution in [3.05, 3.63) is 60.4 Å². The summed E-state index contributed by atoms with van der Waals surface area (Å²) in [5.41, 5.74) is 4.01. The Hall–Kier alpha value is -2.81. The molecule has 2 aliphatic rings. The molecule has 2 aromatic heterocycles. The molecule has 2 saturated heterocycles. The molecule has 4 heterocycles. The predicted molar refractivity (Wildman–Crippen MR) is 113 cm³/mol. The van der Waals surface area contributed by atoms with Crippen LogP contribution in [0.5, 0.6) is 0 Å². The number of rotatable bonds is 6. The van der Waals surface area contributed by atoms with Crippen molar-refractivity contribution in [1.82, 2.24) is 25.3 Å². The lowest BCUT2D eigenvalue weighted by Crippen LogP contribution is -2.40. The predicted octanol–water partition coefficient (Wildman–Crippen LogP) is 1.90. The standard InChI is InChI=1S/C22H26N6O2/c1-27(2)16-8-6-15(7-9-16)11-24-19-13-29-22-20(14-30-21(19)22)28-12-18(25-26-28)17-5-3-4-10-23-17/h3-10,12,19-22,24H,11,13-14H2,1-2H3. The van der Waals surface area contributed by atoms with Gasteiger partial charge in [0.05, 0.1) is 31.1 Å². The molecular formula is C22H26N6O2. The molecule has 0 radical (unpaired) electrons. The normalized spacial score (nSPS) is 25.4. The molecule has 0 bridgehead atoms. The van der Waals surface area contributed by atoms with Gasteiger partial charge in [0.15, 0.2) is 0 Å². The number of hydrogen-bond donors (Lipinski definition) is 1. The monoisotopic (exact) mass is 406 g/mol. The summed E-state index contributed by atoms with van der Waals surface area (Å²) in [4.78, 5) is 6.44. The van der Waals surface area contributed by atoms with Gasteiger partial charge in [-0.15, -0.1) is 5.10 Å². The van der Waals surface area contributed by atoms with E-state index in [0.29, 0.717) is 13.2 Å².